The van der Waals surface area contributed by atoms with Gasteiger partial charge >= 0.3 is 0 Å². The van der Waals surface area contributed by atoms with Gasteiger partial charge in [0.15, 0.2) is 0 Å². The molecule has 0 saturated carbocycles. The first-order valence-corrected chi connectivity index (χ1v) is 6.20. The van der Waals surface area contributed by atoms with Crippen molar-refractivity contribution in [3.63, 3.8) is 0 Å². The Hall–Kier alpha value is -1.44. The molecule has 0 atom stereocenters. The summed E-state index contributed by atoms with van der Waals surface area (Å²) in [6.45, 7) is 10.2. The van der Waals surface area contributed by atoms with Crippen molar-refractivity contribution in [2.45, 2.75) is 46.7 Å². The SMILES string of the molecule is C/C=c1\cccc\c1=C(\[O-])N(C(C)C)C(C)C. The molecule has 2 nitrogen and oxygen atoms in total. The molecule has 0 aliphatic carbocycles. The van der Waals surface area contributed by atoms with E-state index in [9.17, 15) is 5.11 Å². The minimum atomic E-state index is 0.115. The average molecular weight is 232 g/mol. The van der Waals surface area contributed by atoms with Crippen LogP contribution >= 0.6 is 0 Å². The first-order valence-electron chi connectivity index (χ1n) is 6.20. The number of nitrogens with zero attached hydrogens (tertiary/aromatic N) is 1. The molecule has 1 rings (SSSR count). The Balaban J connectivity index is 3.47. The van der Waals surface area contributed by atoms with Crippen LogP contribution < -0.4 is 15.5 Å². The lowest BCUT2D eigenvalue weighted by Gasteiger charge is -2.38. The third-order valence-electron chi connectivity index (χ3n) is 2.85. The fraction of sp³-hybridized carbons (Fsp3) is 0.467. The van der Waals surface area contributed by atoms with Gasteiger partial charge in [0.25, 0.3) is 0 Å². The fourth-order valence-corrected chi connectivity index (χ4v) is 2.15. The summed E-state index contributed by atoms with van der Waals surface area (Å²) in [5.41, 5.74) is 0. The molecule has 0 saturated heterocycles. The number of hydrogen-bond donors (Lipinski definition) is 0. The van der Waals surface area contributed by atoms with Gasteiger partial charge in [-0.2, -0.15) is 0 Å². The molecule has 0 unspecified atom stereocenters. The van der Waals surface area contributed by atoms with Crippen molar-refractivity contribution < 1.29 is 5.11 Å². The second kappa shape index (κ2) is 5.76. The van der Waals surface area contributed by atoms with Gasteiger partial charge in [-0.1, -0.05) is 30.3 Å². The van der Waals surface area contributed by atoms with E-state index in [0.29, 0.717) is 0 Å². The lowest BCUT2D eigenvalue weighted by molar-refractivity contribution is -0.277. The number of benzene rings is 1. The Morgan fingerprint density at radius 1 is 1.12 bits per heavy atom. The van der Waals surface area contributed by atoms with Crippen LogP contribution in [0.3, 0.4) is 0 Å². The van der Waals surface area contributed by atoms with Gasteiger partial charge in [-0.3, -0.25) is 0 Å². The summed E-state index contributed by atoms with van der Waals surface area (Å²) in [7, 11) is 0. The molecule has 0 heterocycles. The Kier molecular flexibility index (Phi) is 4.62. The van der Waals surface area contributed by atoms with E-state index >= 15 is 0 Å². The first-order chi connectivity index (χ1) is 7.99. The fourth-order valence-electron chi connectivity index (χ4n) is 2.15. The molecule has 94 valence electrons. The van der Waals surface area contributed by atoms with E-state index < -0.39 is 0 Å². The van der Waals surface area contributed by atoms with E-state index in [0.717, 1.165) is 10.4 Å². The van der Waals surface area contributed by atoms with Crippen LogP contribution in [0.15, 0.2) is 24.3 Å². The number of hydrogen-bond acceptors (Lipinski definition) is 2. The second-order valence-electron chi connectivity index (χ2n) is 4.78. The Bertz CT molecular complexity index is 466. The molecular formula is C15H22NO-. The zero-order chi connectivity index (χ0) is 13.0. The highest BCUT2D eigenvalue weighted by Crippen LogP contribution is 2.08. The van der Waals surface area contributed by atoms with Crippen LogP contribution in [0.25, 0.3) is 12.0 Å². The van der Waals surface area contributed by atoms with Gasteiger partial charge in [0.1, 0.15) is 0 Å². The maximum absolute atomic E-state index is 12.5. The second-order valence-corrected chi connectivity index (χ2v) is 4.78. The molecule has 17 heavy (non-hydrogen) atoms. The van der Waals surface area contributed by atoms with Gasteiger partial charge in [0.05, 0.1) is 0 Å². The van der Waals surface area contributed by atoms with Gasteiger partial charge in [-0.15, -0.1) is 0 Å². The predicted molar refractivity (Wildman–Crippen MR) is 71.4 cm³/mol. The molecule has 0 spiro atoms. The summed E-state index contributed by atoms with van der Waals surface area (Å²) in [6.07, 6.45) is 1.98. The van der Waals surface area contributed by atoms with Crippen LogP contribution in [0.1, 0.15) is 34.6 Å². The van der Waals surface area contributed by atoms with E-state index in [-0.39, 0.29) is 18.0 Å². The zero-order valence-electron chi connectivity index (χ0n) is 11.4. The van der Waals surface area contributed by atoms with Crippen LogP contribution in [0.5, 0.6) is 0 Å². The molecule has 0 amide bonds. The highest BCUT2D eigenvalue weighted by atomic mass is 16.3. The summed E-state index contributed by atoms with van der Waals surface area (Å²) in [5, 5.41) is 14.3. The Morgan fingerprint density at radius 3 is 2.12 bits per heavy atom. The quantitative estimate of drug-likeness (QED) is 0.778. The zero-order valence-corrected chi connectivity index (χ0v) is 11.4. The van der Waals surface area contributed by atoms with Crippen molar-refractivity contribution in [2.75, 3.05) is 0 Å². The molecule has 0 radical (unpaired) electrons. The lowest BCUT2D eigenvalue weighted by atomic mass is 10.2. The van der Waals surface area contributed by atoms with Crippen molar-refractivity contribution in [1.29, 1.82) is 0 Å². The van der Waals surface area contributed by atoms with E-state index in [2.05, 4.69) is 27.7 Å². The van der Waals surface area contributed by atoms with Crippen molar-refractivity contribution in [2.24, 2.45) is 0 Å². The smallest absolute Gasteiger partial charge is 0.0225 e. The topological polar surface area (TPSA) is 26.3 Å². The van der Waals surface area contributed by atoms with Gasteiger partial charge < -0.3 is 10.0 Å². The summed E-state index contributed by atoms with van der Waals surface area (Å²) < 4.78 is 0. The summed E-state index contributed by atoms with van der Waals surface area (Å²) in [5.74, 6) is 0.115. The van der Waals surface area contributed by atoms with E-state index in [1.165, 1.54) is 0 Å². The molecule has 0 aliphatic rings. The van der Waals surface area contributed by atoms with Crippen LogP contribution in [-0.4, -0.2) is 17.0 Å². The van der Waals surface area contributed by atoms with E-state index in [1.54, 1.807) is 0 Å². The van der Waals surface area contributed by atoms with Crippen LogP contribution in [0, 0.1) is 0 Å². The summed E-state index contributed by atoms with van der Waals surface area (Å²) in [6, 6.07) is 8.18. The third kappa shape index (κ3) is 3.02. The molecule has 1 aromatic carbocycles. The summed E-state index contributed by atoms with van der Waals surface area (Å²) in [4.78, 5) is 1.92. The van der Waals surface area contributed by atoms with Crippen LogP contribution in [0.4, 0.5) is 0 Å². The van der Waals surface area contributed by atoms with Gasteiger partial charge in [0.2, 0.25) is 0 Å². The third-order valence-corrected chi connectivity index (χ3v) is 2.85. The van der Waals surface area contributed by atoms with Crippen LogP contribution in [-0.2, 0) is 0 Å². The number of rotatable bonds is 3. The van der Waals surface area contributed by atoms with Crippen molar-refractivity contribution in [1.82, 2.24) is 4.90 Å². The Morgan fingerprint density at radius 2 is 1.65 bits per heavy atom. The van der Waals surface area contributed by atoms with E-state index in [4.69, 9.17) is 0 Å². The van der Waals surface area contributed by atoms with Gasteiger partial charge in [-0.25, -0.2) is 0 Å². The highest BCUT2D eigenvalue weighted by Gasteiger charge is 2.10. The standard InChI is InChI=1S/C15H23NO/c1-6-13-9-7-8-10-14(13)15(17)16(11(2)3)12(4)5/h6-12,17H,1-5H3/p-1/b13-6+,15-14-. The molecule has 0 N–H and O–H groups in total. The molecule has 0 aliphatic heterocycles. The largest absolute Gasteiger partial charge is 0.860 e. The maximum Gasteiger partial charge on any atom is 0.0225 e. The van der Waals surface area contributed by atoms with Gasteiger partial charge in [0, 0.05) is 12.1 Å². The molecule has 0 fully saturated rings. The van der Waals surface area contributed by atoms with Crippen molar-refractivity contribution >= 4 is 12.0 Å². The molecule has 0 aromatic heterocycles. The maximum atomic E-state index is 12.5. The highest BCUT2D eigenvalue weighted by molar-refractivity contribution is 5.36. The van der Waals surface area contributed by atoms with Gasteiger partial charge in [-0.05, 0) is 50.9 Å². The molecule has 2 heteroatoms. The van der Waals surface area contributed by atoms with E-state index in [1.807, 2.05) is 42.2 Å². The van der Waals surface area contributed by atoms with Crippen molar-refractivity contribution in [3.8, 4) is 0 Å². The minimum Gasteiger partial charge on any atom is -0.860 e. The van der Waals surface area contributed by atoms with Crippen LogP contribution in [0.2, 0.25) is 0 Å². The minimum absolute atomic E-state index is 0.115. The predicted octanol–water partition coefficient (Wildman–Crippen LogP) is 1.03. The lowest BCUT2D eigenvalue weighted by Crippen LogP contribution is -2.46. The first kappa shape index (κ1) is 13.6. The molecule has 1 aromatic rings. The van der Waals surface area contributed by atoms with Crippen molar-refractivity contribution in [3.05, 3.63) is 34.7 Å². The Labute approximate surface area is 104 Å². The summed E-state index contributed by atoms with van der Waals surface area (Å²) >= 11 is 0. The average Bonchev–Trinajstić information content (AvgIpc) is 2.27. The molecular weight excluding hydrogens is 210 g/mol. The monoisotopic (exact) mass is 232 g/mol. The normalized spacial score (nSPS) is 14.4. The molecule has 0 bridgehead atoms.